The molecule has 0 unspecified atom stereocenters. The molecule has 4 nitrogen and oxygen atoms in total. The van der Waals surface area contributed by atoms with E-state index in [2.05, 4.69) is 5.32 Å². The zero-order valence-corrected chi connectivity index (χ0v) is 8.14. The first-order chi connectivity index (χ1) is 6.25. The van der Waals surface area contributed by atoms with Gasteiger partial charge in [0.15, 0.2) is 0 Å². The van der Waals surface area contributed by atoms with Gasteiger partial charge in [-0.2, -0.15) is 0 Å². The van der Waals surface area contributed by atoms with Gasteiger partial charge in [0.2, 0.25) is 0 Å². The van der Waals surface area contributed by atoms with E-state index in [4.69, 9.17) is 11.6 Å². The zero-order chi connectivity index (χ0) is 9.68. The number of likely N-dealkylation sites (tertiary alicyclic amines) is 1. The molecule has 0 spiro atoms. The van der Waals surface area contributed by atoms with Crippen molar-refractivity contribution in [3.8, 4) is 0 Å². The molecule has 1 rings (SSSR count). The highest BCUT2D eigenvalue weighted by Gasteiger charge is 2.23. The molecule has 1 saturated heterocycles. The van der Waals surface area contributed by atoms with E-state index in [1.54, 1.807) is 4.90 Å². The first-order valence-corrected chi connectivity index (χ1v) is 4.92. The second-order valence-electron chi connectivity index (χ2n) is 2.94. The molecule has 0 aromatic heterocycles. The topological polar surface area (TPSA) is 49.4 Å². The van der Waals surface area contributed by atoms with Crippen molar-refractivity contribution in [1.82, 2.24) is 10.2 Å². The van der Waals surface area contributed by atoms with Gasteiger partial charge < -0.3 is 10.2 Å². The van der Waals surface area contributed by atoms with Crippen molar-refractivity contribution in [3.05, 3.63) is 0 Å². The molecule has 1 N–H and O–H groups in total. The monoisotopic (exact) mass is 204 g/mol. The fourth-order valence-electron chi connectivity index (χ4n) is 1.30. The van der Waals surface area contributed by atoms with Crippen molar-refractivity contribution >= 4 is 23.4 Å². The third-order valence-electron chi connectivity index (χ3n) is 1.97. The van der Waals surface area contributed by atoms with E-state index in [0.29, 0.717) is 25.5 Å². The van der Waals surface area contributed by atoms with E-state index in [0.717, 1.165) is 12.8 Å². The average Bonchev–Trinajstić information content (AvgIpc) is 2.65. The minimum atomic E-state index is -0.539. The SMILES string of the molecule is O=C(NCCCl)C(=O)N1CCCC1. The third kappa shape index (κ3) is 2.88. The summed E-state index contributed by atoms with van der Waals surface area (Å²) >= 11 is 5.37. The molecule has 1 heterocycles. The smallest absolute Gasteiger partial charge is 0.311 e. The Morgan fingerprint density at radius 2 is 1.92 bits per heavy atom. The minimum Gasteiger partial charge on any atom is -0.347 e. The van der Waals surface area contributed by atoms with Crippen LogP contribution in [0.5, 0.6) is 0 Å². The number of carbonyl (C=O) groups is 2. The van der Waals surface area contributed by atoms with Gasteiger partial charge >= 0.3 is 11.8 Å². The normalized spacial score (nSPS) is 15.9. The maximum Gasteiger partial charge on any atom is 0.311 e. The molecule has 1 fully saturated rings. The van der Waals surface area contributed by atoms with E-state index in [1.165, 1.54) is 0 Å². The molecule has 1 aliphatic heterocycles. The van der Waals surface area contributed by atoms with Crippen molar-refractivity contribution in [2.45, 2.75) is 12.8 Å². The quantitative estimate of drug-likeness (QED) is 0.507. The number of carbonyl (C=O) groups excluding carboxylic acids is 2. The molecular weight excluding hydrogens is 192 g/mol. The highest BCUT2D eigenvalue weighted by Crippen LogP contribution is 2.06. The second-order valence-corrected chi connectivity index (χ2v) is 3.32. The molecule has 2 amide bonds. The van der Waals surface area contributed by atoms with Gasteiger partial charge in [-0.25, -0.2) is 0 Å². The fourth-order valence-corrected chi connectivity index (χ4v) is 1.39. The van der Waals surface area contributed by atoms with Gasteiger partial charge in [0.25, 0.3) is 0 Å². The maximum absolute atomic E-state index is 11.3. The predicted octanol–water partition coefficient (Wildman–Crippen LogP) is -0.0362. The van der Waals surface area contributed by atoms with Crippen LogP contribution in [0.25, 0.3) is 0 Å². The largest absolute Gasteiger partial charge is 0.347 e. The van der Waals surface area contributed by atoms with Gasteiger partial charge in [-0.15, -0.1) is 11.6 Å². The third-order valence-corrected chi connectivity index (χ3v) is 2.16. The number of rotatable bonds is 2. The standard InChI is InChI=1S/C8H13ClN2O2/c9-3-4-10-7(12)8(13)11-5-1-2-6-11/h1-6H2,(H,10,12). The van der Waals surface area contributed by atoms with Crippen LogP contribution in [0, 0.1) is 0 Å². The highest BCUT2D eigenvalue weighted by molar-refractivity contribution is 6.35. The van der Waals surface area contributed by atoms with E-state index in [-0.39, 0.29) is 0 Å². The summed E-state index contributed by atoms with van der Waals surface area (Å²) in [6.07, 6.45) is 1.99. The number of amides is 2. The maximum atomic E-state index is 11.3. The van der Waals surface area contributed by atoms with E-state index >= 15 is 0 Å². The van der Waals surface area contributed by atoms with Crippen LogP contribution < -0.4 is 5.32 Å². The van der Waals surface area contributed by atoms with E-state index in [9.17, 15) is 9.59 Å². The van der Waals surface area contributed by atoms with E-state index in [1.807, 2.05) is 0 Å². The lowest BCUT2D eigenvalue weighted by molar-refractivity contribution is -0.145. The van der Waals surface area contributed by atoms with E-state index < -0.39 is 11.8 Å². The van der Waals surface area contributed by atoms with Crippen molar-refractivity contribution in [1.29, 1.82) is 0 Å². The first-order valence-electron chi connectivity index (χ1n) is 4.39. The number of hydrogen-bond donors (Lipinski definition) is 1. The van der Waals surface area contributed by atoms with Crippen LogP contribution in [0.4, 0.5) is 0 Å². The molecule has 0 aromatic rings. The van der Waals surface area contributed by atoms with Crippen LogP contribution in [0.3, 0.4) is 0 Å². The molecule has 0 aliphatic carbocycles. The number of nitrogens with one attached hydrogen (secondary N) is 1. The van der Waals surface area contributed by atoms with Gasteiger partial charge in [-0.3, -0.25) is 9.59 Å². The Bertz CT molecular complexity index is 202. The summed E-state index contributed by atoms with van der Waals surface area (Å²) in [6.45, 7) is 1.75. The van der Waals surface area contributed by atoms with Gasteiger partial charge in [-0.1, -0.05) is 0 Å². The lowest BCUT2D eigenvalue weighted by Gasteiger charge is -2.13. The predicted molar refractivity (Wildman–Crippen MR) is 49.5 cm³/mol. The average molecular weight is 205 g/mol. The second kappa shape index (κ2) is 5.07. The summed E-state index contributed by atoms with van der Waals surface area (Å²) in [5, 5.41) is 2.45. The van der Waals surface area contributed by atoms with Crippen molar-refractivity contribution < 1.29 is 9.59 Å². The van der Waals surface area contributed by atoms with Crippen LogP contribution in [-0.2, 0) is 9.59 Å². The summed E-state index contributed by atoms with van der Waals surface area (Å²) in [5.74, 6) is -0.635. The summed E-state index contributed by atoms with van der Waals surface area (Å²) in [6, 6.07) is 0. The van der Waals surface area contributed by atoms with Gasteiger partial charge in [-0.05, 0) is 12.8 Å². The van der Waals surface area contributed by atoms with Crippen LogP contribution >= 0.6 is 11.6 Å². The fraction of sp³-hybridized carbons (Fsp3) is 0.750. The lowest BCUT2D eigenvalue weighted by atomic mass is 10.4. The Hall–Kier alpha value is -0.770. The van der Waals surface area contributed by atoms with Crippen molar-refractivity contribution in [3.63, 3.8) is 0 Å². The molecule has 0 radical (unpaired) electrons. The summed E-state index contributed by atoms with van der Waals surface area (Å²) in [7, 11) is 0. The van der Waals surface area contributed by atoms with Gasteiger partial charge in [0.05, 0.1) is 0 Å². The zero-order valence-electron chi connectivity index (χ0n) is 7.38. The molecule has 0 atom stereocenters. The summed E-state index contributed by atoms with van der Waals surface area (Å²) in [4.78, 5) is 24.0. The number of nitrogens with zero attached hydrogens (tertiary/aromatic N) is 1. The van der Waals surface area contributed by atoms with Crippen LogP contribution in [0.1, 0.15) is 12.8 Å². The van der Waals surface area contributed by atoms with Gasteiger partial charge in [0, 0.05) is 25.5 Å². The molecular formula is C8H13ClN2O2. The Morgan fingerprint density at radius 3 is 2.46 bits per heavy atom. The number of alkyl halides is 1. The van der Waals surface area contributed by atoms with Crippen molar-refractivity contribution in [2.24, 2.45) is 0 Å². The Morgan fingerprint density at radius 1 is 1.31 bits per heavy atom. The Kier molecular flexibility index (Phi) is 4.02. The molecule has 0 aromatic carbocycles. The lowest BCUT2D eigenvalue weighted by Crippen LogP contribution is -2.42. The van der Waals surface area contributed by atoms with Gasteiger partial charge in [0.1, 0.15) is 0 Å². The molecule has 13 heavy (non-hydrogen) atoms. The minimum absolute atomic E-state index is 0.332. The molecule has 5 heteroatoms. The van der Waals surface area contributed by atoms with Crippen LogP contribution in [0.2, 0.25) is 0 Å². The molecule has 0 bridgehead atoms. The van der Waals surface area contributed by atoms with Crippen molar-refractivity contribution in [2.75, 3.05) is 25.5 Å². The first kappa shape index (κ1) is 10.3. The molecule has 1 aliphatic rings. The number of halogens is 1. The summed E-state index contributed by atoms with van der Waals surface area (Å²) in [5.41, 5.74) is 0. The molecule has 74 valence electrons. The van der Waals surface area contributed by atoms with Crippen LogP contribution in [-0.4, -0.2) is 42.2 Å². The summed E-state index contributed by atoms with van der Waals surface area (Å²) < 4.78 is 0. The van der Waals surface area contributed by atoms with Crippen LogP contribution in [0.15, 0.2) is 0 Å². The Balaban J connectivity index is 2.32. The molecule has 0 saturated carbocycles. The Labute approximate surface area is 82.2 Å². The number of hydrogen-bond acceptors (Lipinski definition) is 2. The highest BCUT2D eigenvalue weighted by atomic mass is 35.5.